The van der Waals surface area contributed by atoms with E-state index in [0.717, 1.165) is 13.0 Å². The molecule has 84 valence electrons. The quantitative estimate of drug-likeness (QED) is 0.618. The zero-order valence-electron chi connectivity index (χ0n) is 9.71. The molecule has 0 spiro atoms. The van der Waals surface area contributed by atoms with Gasteiger partial charge in [-0.15, -0.1) is 0 Å². The molecule has 0 heterocycles. The average Bonchev–Trinajstić information content (AvgIpc) is 2.18. The molecule has 0 aromatic rings. The number of primary amides is 1. The summed E-state index contributed by atoms with van der Waals surface area (Å²) in [6.07, 6.45) is 1.09. The summed E-state index contributed by atoms with van der Waals surface area (Å²) in [6.45, 7) is 8.04. The Hall–Kier alpha value is -0.610. The number of hydrogen-bond acceptors (Lipinski definition) is 3. The molecule has 1 amide bonds. The summed E-state index contributed by atoms with van der Waals surface area (Å²) in [5.74, 6) is -0.283. The highest BCUT2D eigenvalue weighted by Crippen LogP contribution is 2.03. The lowest BCUT2D eigenvalue weighted by atomic mass is 10.2. The summed E-state index contributed by atoms with van der Waals surface area (Å²) in [5.41, 5.74) is 5.26. The van der Waals surface area contributed by atoms with Crippen molar-refractivity contribution in [2.75, 3.05) is 20.1 Å². The van der Waals surface area contributed by atoms with Crippen LogP contribution >= 0.6 is 0 Å². The van der Waals surface area contributed by atoms with Crippen LogP contribution in [-0.4, -0.2) is 43.0 Å². The molecule has 0 bridgehead atoms. The molecule has 4 heteroatoms. The van der Waals surface area contributed by atoms with Crippen LogP contribution in [0.4, 0.5) is 0 Å². The van der Waals surface area contributed by atoms with Crippen LogP contribution in [0.3, 0.4) is 0 Å². The SMILES string of the molecule is CCC(C)N(CC)CC(NC)C(N)=O. The van der Waals surface area contributed by atoms with Gasteiger partial charge in [-0.25, -0.2) is 0 Å². The molecule has 4 nitrogen and oxygen atoms in total. The Morgan fingerprint density at radius 1 is 1.50 bits per heavy atom. The number of rotatable bonds is 7. The fourth-order valence-corrected chi connectivity index (χ4v) is 1.44. The number of likely N-dealkylation sites (N-methyl/N-ethyl adjacent to an activating group) is 2. The van der Waals surface area contributed by atoms with Crippen molar-refractivity contribution in [2.24, 2.45) is 5.73 Å². The van der Waals surface area contributed by atoms with Gasteiger partial charge in [-0.2, -0.15) is 0 Å². The molecule has 0 saturated carbocycles. The van der Waals surface area contributed by atoms with Gasteiger partial charge < -0.3 is 11.1 Å². The molecule has 0 fully saturated rings. The Morgan fingerprint density at radius 3 is 2.36 bits per heavy atom. The monoisotopic (exact) mass is 201 g/mol. The number of nitrogens with zero attached hydrogens (tertiary/aromatic N) is 1. The summed E-state index contributed by atoms with van der Waals surface area (Å²) >= 11 is 0. The summed E-state index contributed by atoms with van der Waals surface area (Å²) in [4.78, 5) is 13.3. The Balaban J connectivity index is 4.20. The second-order valence-corrected chi connectivity index (χ2v) is 3.59. The molecule has 0 aliphatic rings. The molecule has 2 atom stereocenters. The minimum Gasteiger partial charge on any atom is -0.368 e. The van der Waals surface area contributed by atoms with Crippen LogP contribution < -0.4 is 11.1 Å². The molecule has 0 saturated heterocycles. The van der Waals surface area contributed by atoms with Gasteiger partial charge in [-0.05, 0) is 26.9 Å². The van der Waals surface area contributed by atoms with E-state index < -0.39 is 0 Å². The Kier molecular flexibility index (Phi) is 6.49. The first-order valence-corrected chi connectivity index (χ1v) is 5.27. The predicted octanol–water partition coefficient (Wildman–Crippen LogP) is 0.180. The number of amides is 1. The van der Waals surface area contributed by atoms with Crippen molar-refractivity contribution in [3.8, 4) is 0 Å². The highest BCUT2D eigenvalue weighted by atomic mass is 16.1. The second-order valence-electron chi connectivity index (χ2n) is 3.59. The van der Waals surface area contributed by atoms with Gasteiger partial charge in [-0.3, -0.25) is 9.69 Å². The summed E-state index contributed by atoms with van der Waals surface area (Å²) in [5, 5.41) is 2.93. The number of carbonyl (C=O) groups excluding carboxylic acids is 1. The predicted molar refractivity (Wildman–Crippen MR) is 59.0 cm³/mol. The van der Waals surface area contributed by atoms with Crippen LogP contribution in [0.5, 0.6) is 0 Å². The van der Waals surface area contributed by atoms with Gasteiger partial charge in [0.15, 0.2) is 0 Å². The first-order chi connectivity index (χ1) is 6.56. The van der Waals surface area contributed by atoms with Gasteiger partial charge in [0.25, 0.3) is 0 Å². The average molecular weight is 201 g/mol. The van der Waals surface area contributed by atoms with E-state index in [4.69, 9.17) is 5.73 Å². The maximum absolute atomic E-state index is 11.0. The smallest absolute Gasteiger partial charge is 0.235 e. The normalized spacial score (nSPS) is 15.5. The highest BCUT2D eigenvalue weighted by Gasteiger charge is 2.18. The van der Waals surface area contributed by atoms with Crippen LogP contribution in [-0.2, 0) is 4.79 Å². The Morgan fingerprint density at radius 2 is 2.07 bits per heavy atom. The van der Waals surface area contributed by atoms with Gasteiger partial charge in [-0.1, -0.05) is 13.8 Å². The van der Waals surface area contributed by atoms with E-state index >= 15 is 0 Å². The first-order valence-electron chi connectivity index (χ1n) is 5.27. The third-order valence-electron chi connectivity index (χ3n) is 2.73. The number of nitrogens with two attached hydrogens (primary N) is 1. The number of hydrogen-bond donors (Lipinski definition) is 2. The van der Waals surface area contributed by atoms with Crippen LogP contribution in [0.15, 0.2) is 0 Å². The molecule has 3 N–H and O–H groups in total. The van der Waals surface area contributed by atoms with Crippen molar-refractivity contribution < 1.29 is 4.79 Å². The third-order valence-corrected chi connectivity index (χ3v) is 2.73. The van der Waals surface area contributed by atoms with Crippen molar-refractivity contribution in [1.29, 1.82) is 0 Å². The number of carbonyl (C=O) groups is 1. The second kappa shape index (κ2) is 6.79. The third kappa shape index (κ3) is 4.07. The minimum absolute atomic E-state index is 0.246. The first kappa shape index (κ1) is 13.4. The molecule has 0 rings (SSSR count). The molecule has 0 aromatic carbocycles. The van der Waals surface area contributed by atoms with E-state index in [1.807, 2.05) is 0 Å². The molecular formula is C10H23N3O. The van der Waals surface area contributed by atoms with Crippen LogP contribution in [0.1, 0.15) is 27.2 Å². The molecule has 0 aromatic heterocycles. The van der Waals surface area contributed by atoms with E-state index in [9.17, 15) is 4.79 Å². The molecule has 0 radical (unpaired) electrons. The lowest BCUT2D eigenvalue weighted by Gasteiger charge is -2.29. The van der Waals surface area contributed by atoms with E-state index in [2.05, 4.69) is 31.0 Å². The Labute approximate surface area is 86.8 Å². The fourth-order valence-electron chi connectivity index (χ4n) is 1.44. The highest BCUT2D eigenvalue weighted by molar-refractivity contribution is 5.80. The van der Waals surface area contributed by atoms with Gasteiger partial charge in [0, 0.05) is 12.6 Å². The summed E-state index contributed by atoms with van der Waals surface area (Å²) < 4.78 is 0. The van der Waals surface area contributed by atoms with E-state index in [1.165, 1.54) is 0 Å². The van der Waals surface area contributed by atoms with Crippen LogP contribution in [0, 0.1) is 0 Å². The zero-order chi connectivity index (χ0) is 11.1. The van der Waals surface area contributed by atoms with E-state index in [-0.39, 0.29) is 11.9 Å². The fraction of sp³-hybridized carbons (Fsp3) is 0.900. The molecule has 0 aliphatic carbocycles. The van der Waals surface area contributed by atoms with E-state index in [1.54, 1.807) is 7.05 Å². The standard InChI is InChI=1S/C10H23N3O/c1-5-8(3)13(6-2)7-9(12-4)10(11)14/h8-9,12H,5-7H2,1-4H3,(H2,11,14). The lowest BCUT2D eigenvalue weighted by Crippen LogP contribution is -2.49. The van der Waals surface area contributed by atoms with Gasteiger partial charge in [0.2, 0.25) is 5.91 Å². The van der Waals surface area contributed by atoms with Crippen molar-refractivity contribution >= 4 is 5.91 Å². The van der Waals surface area contributed by atoms with Crippen LogP contribution in [0.25, 0.3) is 0 Å². The van der Waals surface area contributed by atoms with Crippen molar-refractivity contribution in [3.63, 3.8) is 0 Å². The summed E-state index contributed by atoms with van der Waals surface area (Å²) in [6, 6.07) is 0.249. The minimum atomic E-state index is -0.283. The van der Waals surface area contributed by atoms with Gasteiger partial charge >= 0.3 is 0 Å². The molecular weight excluding hydrogens is 178 g/mol. The largest absolute Gasteiger partial charge is 0.368 e. The topological polar surface area (TPSA) is 58.4 Å². The molecule has 0 aliphatic heterocycles. The molecule has 2 unspecified atom stereocenters. The van der Waals surface area contributed by atoms with Crippen molar-refractivity contribution in [3.05, 3.63) is 0 Å². The molecule has 14 heavy (non-hydrogen) atoms. The lowest BCUT2D eigenvalue weighted by molar-refractivity contribution is -0.120. The van der Waals surface area contributed by atoms with Crippen molar-refractivity contribution in [2.45, 2.75) is 39.3 Å². The zero-order valence-corrected chi connectivity index (χ0v) is 9.71. The number of nitrogens with one attached hydrogen (secondary N) is 1. The van der Waals surface area contributed by atoms with Gasteiger partial charge in [0.1, 0.15) is 0 Å². The van der Waals surface area contributed by atoms with Crippen molar-refractivity contribution in [1.82, 2.24) is 10.2 Å². The van der Waals surface area contributed by atoms with Gasteiger partial charge in [0.05, 0.1) is 6.04 Å². The van der Waals surface area contributed by atoms with E-state index in [0.29, 0.717) is 12.6 Å². The maximum Gasteiger partial charge on any atom is 0.235 e. The Bertz CT molecular complexity index is 173. The maximum atomic E-state index is 11.0. The van der Waals surface area contributed by atoms with Crippen LogP contribution in [0.2, 0.25) is 0 Å². The summed E-state index contributed by atoms with van der Waals surface area (Å²) in [7, 11) is 1.76.